The maximum absolute atomic E-state index is 12.9. The van der Waals surface area contributed by atoms with Crippen molar-refractivity contribution >= 4 is 23.1 Å². The molecule has 0 radical (unpaired) electrons. The second-order valence-corrected chi connectivity index (χ2v) is 7.71. The minimum absolute atomic E-state index is 0.291. The van der Waals surface area contributed by atoms with E-state index in [0.717, 1.165) is 16.3 Å². The van der Waals surface area contributed by atoms with E-state index in [0.29, 0.717) is 35.0 Å². The van der Waals surface area contributed by atoms with Crippen LogP contribution in [0.25, 0.3) is 11.5 Å². The molecule has 0 saturated heterocycles. The van der Waals surface area contributed by atoms with Crippen LogP contribution in [-0.4, -0.2) is 22.3 Å². The molecule has 9 heteroatoms. The maximum atomic E-state index is 12.9. The molecule has 0 aliphatic carbocycles. The van der Waals surface area contributed by atoms with Crippen LogP contribution in [0.2, 0.25) is 0 Å². The lowest BCUT2D eigenvalue weighted by molar-refractivity contribution is 0.305. The lowest BCUT2D eigenvalue weighted by Crippen LogP contribution is -1.95. The lowest BCUT2D eigenvalue weighted by atomic mass is 10.2. The Kier molecular flexibility index (Phi) is 6.06. The summed E-state index contributed by atoms with van der Waals surface area (Å²) in [6, 6.07) is 13.4. The predicted octanol–water partition coefficient (Wildman–Crippen LogP) is 5.21. The number of aromatic nitrogens is 3. The molecule has 2 aromatic heterocycles. The van der Waals surface area contributed by atoms with E-state index in [1.54, 1.807) is 19.2 Å². The molecule has 0 unspecified atom stereocenters. The van der Waals surface area contributed by atoms with Crippen LogP contribution in [0.15, 0.2) is 63.6 Å². The number of benzene rings is 2. The van der Waals surface area contributed by atoms with Crippen molar-refractivity contribution < 1.29 is 18.3 Å². The fraction of sp³-hybridized carbons (Fsp3) is 0.150. The van der Waals surface area contributed by atoms with Gasteiger partial charge in [-0.3, -0.25) is 0 Å². The van der Waals surface area contributed by atoms with Gasteiger partial charge in [0, 0.05) is 11.1 Å². The van der Waals surface area contributed by atoms with Gasteiger partial charge in [-0.15, -0.1) is 21.5 Å². The summed E-state index contributed by atoms with van der Waals surface area (Å²) in [4.78, 5) is 4.54. The molecule has 29 heavy (non-hydrogen) atoms. The van der Waals surface area contributed by atoms with Crippen molar-refractivity contribution in [2.45, 2.75) is 17.6 Å². The summed E-state index contributed by atoms with van der Waals surface area (Å²) in [7, 11) is 1.60. The average Bonchev–Trinajstić information content (AvgIpc) is 3.41. The maximum Gasteiger partial charge on any atom is 0.277 e. The Balaban J connectivity index is 1.33. The van der Waals surface area contributed by atoms with Crippen molar-refractivity contribution in [3.8, 4) is 23.0 Å². The quantitative estimate of drug-likeness (QED) is 0.356. The van der Waals surface area contributed by atoms with Crippen LogP contribution in [0, 0.1) is 5.82 Å². The van der Waals surface area contributed by atoms with Crippen LogP contribution in [0.3, 0.4) is 0 Å². The molecule has 0 fully saturated rings. The molecular formula is C20H16FN3O3S2. The van der Waals surface area contributed by atoms with Crippen molar-refractivity contribution in [3.63, 3.8) is 0 Å². The standard InChI is InChI=1S/C20H16FN3O3S2/c1-25-17-5-3-2-4-16(17)19-23-24-20(27-19)29-12-14-11-28-18(22-14)10-26-15-8-6-13(21)7-9-15/h2-9,11H,10,12H2,1H3. The number of thioether (sulfide) groups is 1. The van der Waals surface area contributed by atoms with E-state index in [1.165, 1.54) is 35.2 Å². The molecule has 0 saturated carbocycles. The first kappa shape index (κ1) is 19.4. The molecule has 0 N–H and O–H groups in total. The van der Waals surface area contributed by atoms with Gasteiger partial charge in [-0.05, 0) is 36.4 Å². The summed E-state index contributed by atoms with van der Waals surface area (Å²) in [5.41, 5.74) is 1.65. The van der Waals surface area contributed by atoms with Crippen LogP contribution in [0.4, 0.5) is 4.39 Å². The molecule has 0 atom stereocenters. The second kappa shape index (κ2) is 9.06. The van der Waals surface area contributed by atoms with E-state index in [-0.39, 0.29) is 5.82 Å². The molecule has 0 aliphatic rings. The highest BCUT2D eigenvalue weighted by Gasteiger charge is 2.14. The van der Waals surface area contributed by atoms with Crippen molar-refractivity contribution in [3.05, 3.63) is 70.4 Å². The topological polar surface area (TPSA) is 70.3 Å². The third-order valence-corrected chi connectivity index (χ3v) is 5.59. The monoisotopic (exact) mass is 429 g/mol. The third kappa shape index (κ3) is 4.93. The highest BCUT2D eigenvalue weighted by molar-refractivity contribution is 7.98. The molecule has 0 bridgehead atoms. The van der Waals surface area contributed by atoms with Gasteiger partial charge in [0.05, 0.1) is 18.4 Å². The predicted molar refractivity (Wildman–Crippen MR) is 109 cm³/mol. The van der Waals surface area contributed by atoms with Gasteiger partial charge in [-0.25, -0.2) is 9.37 Å². The zero-order valence-electron chi connectivity index (χ0n) is 15.4. The highest BCUT2D eigenvalue weighted by Crippen LogP contribution is 2.31. The number of rotatable bonds is 8. The fourth-order valence-corrected chi connectivity index (χ4v) is 3.96. The Bertz CT molecular complexity index is 1080. The van der Waals surface area contributed by atoms with Gasteiger partial charge < -0.3 is 13.9 Å². The van der Waals surface area contributed by atoms with E-state index in [9.17, 15) is 4.39 Å². The van der Waals surface area contributed by atoms with Gasteiger partial charge in [0.1, 0.15) is 28.9 Å². The van der Waals surface area contributed by atoms with Gasteiger partial charge in [0.25, 0.3) is 11.1 Å². The van der Waals surface area contributed by atoms with Crippen molar-refractivity contribution in [2.24, 2.45) is 0 Å². The molecule has 2 heterocycles. The number of nitrogens with zero attached hydrogens (tertiary/aromatic N) is 3. The number of thiazole rings is 1. The van der Waals surface area contributed by atoms with Crippen LogP contribution in [0.1, 0.15) is 10.7 Å². The van der Waals surface area contributed by atoms with Crippen molar-refractivity contribution in [1.29, 1.82) is 0 Å². The molecule has 0 spiro atoms. The minimum Gasteiger partial charge on any atom is -0.496 e. The van der Waals surface area contributed by atoms with Gasteiger partial charge in [-0.1, -0.05) is 23.9 Å². The number of hydrogen-bond acceptors (Lipinski definition) is 8. The van der Waals surface area contributed by atoms with E-state index in [1.807, 2.05) is 29.6 Å². The number of ether oxygens (including phenoxy) is 2. The Morgan fingerprint density at radius 2 is 1.93 bits per heavy atom. The number of halogens is 1. The van der Waals surface area contributed by atoms with E-state index >= 15 is 0 Å². The second-order valence-electron chi connectivity index (χ2n) is 5.84. The summed E-state index contributed by atoms with van der Waals surface area (Å²) in [5, 5.41) is 11.4. The minimum atomic E-state index is -0.291. The van der Waals surface area contributed by atoms with Crippen LogP contribution < -0.4 is 9.47 Å². The van der Waals surface area contributed by atoms with E-state index < -0.39 is 0 Å². The van der Waals surface area contributed by atoms with Crippen LogP contribution >= 0.6 is 23.1 Å². The summed E-state index contributed by atoms with van der Waals surface area (Å²) in [6.07, 6.45) is 0. The fourth-order valence-electron chi connectivity index (χ4n) is 2.49. The zero-order chi connectivity index (χ0) is 20.1. The Morgan fingerprint density at radius 1 is 1.10 bits per heavy atom. The first-order valence-electron chi connectivity index (χ1n) is 8.62. The van der Waals surface area contributed by atoms with Gasteiger partial charge >= 0.3 is 0 Å². The summed E-state index contributed by atoms with van der Waals surface area (Å²) in [6.45, 7) is 0.333. The van der Waals surface area contributed by atoms with E-state index in [4.69, 9.17) is 13.9 Å². The molecule has 6 nitrogen and oxygen atoms in total. The molecule has 0 aliphatic heterocycles. The van der Waals surface area contributed by atoms with Gasteiger partial charge in [0.2, 0.25) is 0 Å². The largest absolute Gasteiger partial charge is 0.496 e. The van der Waals surface area contributed by atoms with Crippen molar-refractivity contribution in [1.82, 2.24) is 15.2 Å². The third-order valence-electron chi connectivity index (χ3n) is 3.86. The first-order chi connectivity index (χ1) is 14.2. The summed E-state index contributed by atoms with van der Waals surface area (Å²) in [5.74, 6) is 2.00. The van der Waals surface area contributed by atoms with Crippen molar-refractivity contribution in [2.75, 3.05) is 7.11 Å². The summed E-state index contributed by atoms with van der Waals surface area (Å²) >= 11 is 2.92. The number of hydrogen-bond donors (Lipinski definition) is 0. The van der Waals surface area contributed by atoms with Gasteiger partial charge in [0.15, 0.2) is 0 Å². The smallest absolute Gasteiger partial charge is 0.277 e. The summed E-state index contributed by atoms with van der Waals surface area (Å²) < 4.78 is 29.6. The van der Waals surface area contributed by atoms with Gasteiger partial charge in [-0.2, -0.15) is 0 Å². The normalized spacial score (nSPS) is 10.8. The highest BCUT2D eigenvalue weighted by atomic mass is 32.2. The Morgan fingerprint density at radius 3 is 2.76 bits per heavy atom. The Hall–Kier alpha value is -2.91. The molecule has 148 valence electrons. The van der Waals surface area contributed by atoms with Crippen LogP contribution in [-0.2, 0) is 12.4 Å². The molecule has 4 rings (SSSR count). The molecular weight excluding hydrogens is 413 g/mol. The molecule has 0 amide bonds. The average molecular weight is 429 g/mol. The zero-order valence-corrected chi connectivity index (χ0v) is 17.0. The van der Waals surface area contributed by atoms with E-state index in [2.05, 4.69) is 15.2 Å². The van der Waals surface area contributed by atoms with Crippen LogP contribution in [0.5, 0.6) is 11.5 Å². The molecule has 2 aromatic carbocycles. The first-order valence-corrected chi connectivity index (χ1v) is 10.5. The lowest BCUT2D eigenvalue weighted by Gasteiger charge is -2.03. The Labute approximate surface area is 174 Å². The number of methoxy groups -OCH3 is 1. The SMILES string of the molecule is COc1ccccc1-c1nnc(SCc2csc(COc3ccc(F)cc3)n2)o1. The number of para-hydroxylation sites is 1. The molecule has 4 aromatic rings.